The summed E-state index contributed by atoms with van der Waals surface area (Å²) in [6.45, 7) is 12.3. The number of piperidine rings is 1. The minimum atomic E-state index is -0.405. The second-order valence-corrected chi connectivity index (χ2v) is 19.4. The van der Waals surface area contributed by atoms with Gasteiger partial charge in [0.05, 0.1) is 47.9 Å². The molecule has 2 aliphatic heterocycles. The number of carbonyl (C=O) groups is 3. The fourth-order valence-corrected chi connectivity index (χ4v) is 10.8. The first kappa shape index (κ1) is 47.3. The molecule has 2 aromatic carbocycles. The summed E-state index contributed by atoms with van der Waals surface area (Å²) in [7, 11) is 3.33. The molecule has 4 aliphatic rings. The molecule has 3 amide bonds. The molecule has 2 aliphatic carbocycles. The van der Waals surface area contributed by atoms with Gasteiger partial charge in [0, 0.05) is 73.6 Å². The molecule has 354 valence electrons. The molecule has 1 atom stereocenters. The first-order valence-electron chi connectivity index (χ1n) is 23.2. The Hall–Kier alpha value is -6.25. The van der Waals surface area contributed by atoms with Gasteiger partial charge in [0.25, 0.3) is 11.8 Å². The van der Waals surface area contributed by atoms with Crippen molar-refractivity contribution in [3.8, 4) is 17.6 Å². The monoisotopic (exact) mass is 933 g/mol. The molecule has 0 bridgehead atoms. The van der Waals surface area contributed by atoms with Gasteiger partial charge < -0.3 is 44.9 Å². The average Bonchev–Trinajstić information content (AvgIpc) is 3.87. The van der Waals surface area contributed by atoms with Crippen molar-refractivity contribution in [3.05, 3.63) is 76.7 Å². The Morgan fingerprint density at radius 2 is 1.66 bits per heavy atom. The van der Waals surface area contributed by atoms with Crippen LogP contribution in [0.2, 0.25) is 5.02 Å². The van der Waals surface area contributed by atoms with Gasteiger partial charge in [-0.2, -0.15) is 10.2 Å². The minimum Gasteiger partial charge on any atom is -0.495 e. The van der Waals surface area contributed by atoms with Crippen molar-refractivity contribution in [1.82, 2.24) is 30.6 Å². The molecular weight excluding hydrogens is 874 g/mol. The van der Waals surface area contributed by atoms with Crippen molar-refractivity contribution >= 4 is 58.4 Å². The Labute approximate surface area is 396 Å². The summed E-state index contributed by atoms with van der Waals surface area (Å²) in [5, 5.41) is 19.0. The van der Waals surface area contributed by atoms with Gasteiger partial charge in [-0.1, -0.05) is 59.1 Å². The van der Waals surface area contributed by atoms with Crippen molar-refractivity contribution in [1.29, 1.82) is 5.26 Å². The first-order valence-corrected chi connectivity index (χ1v) is 23.5. The van der Waals surface area contributed by atoms with Crippen molar-refractivity contribution in [2.24, 2.45) is 10.8 Å². The number of methoxy groups -OCH3 is 1. The molecule has 1 saturated heterocycles. The predicted molar refractivity (Wildman–Crippen MR) is 255 cm³/mol. The molecular formula is C49H60ClN11O6. The molecule has 67 heavy (non-hydrogen) atoms. The van der Waals surface area contributed by atoms with Crippen LogP contribution in [-0.2, 0) is 9.53 Å². The smallest absolute Gasteiger partial charge is 0.254 e. The maximum Gasteiger partial charge on any atom is 0.254 e. The average molecular weight is 935 g/mol. The number of hydrogen-bond donors (Lipinski definition) is 3. The van der Waals surface area contributed by atoms with E-state index in [1.54, 1.807) is 74.0 Å². The van der Waals surface area contributed by atoms with E-state index < -0.39 is 10.8 Å². The number of likely N-dealkylation sites (N-methyl/N-ethyl adjacent to an activating group) is 1. The van der Waals surface area contributed by atoms with Crippen LogP contribution in [0.25, 0.3) is 0 Å². The molecule has 2 aromatic heterocycles. The van der Waals surface area contributed by atoms with E-state index in [0.717, 1.165) is 44.3 Å². The number of fused-ring (bicyclic) bond motifs is 1. The van der Waals surface area contributed by atoms with Crippen LogP contribution in [0.1, 0.15) is 106 Å². The van der Waals surface area contributed by atoms with Crippen LogP contribution in [0.4, 0.5) is 29.1 Å². The van der Waals surface area contributed by atoms with Crippen molar-refractivity contribution in [3.63, 3.8) is 0 Å². The van der Waals surface area contributed by atoms with Gasteiger partial charge in [-0.15, -0.1) is 0 Å². The van der Waals surface area contributed by atoms with Gasteiger partial charge in [-0.3, -0.25) is 14.4 Å². The van der Waals surface area contributed by atoms with E-state index in [0.29, 0.717) is 89.1 Å². The lowest BCUT2D eigenvalue weighted by molar-refractivity contribution is -0.164. The molecule has 3 N–H and O–H groups in total. The Balaban J connectivity index is 0.780. The first-order chi connectivity index (χ1) is 32.1. The van der Waals surface area contributed by atoms with Gasteiger partial charge in [-0.25, -0.2) is 15.0 Å². The lowest BCUT2D eigenvalue weighted by Gasteiger charge is -2.63. The standard InChI is InChI=1S/C49H60ClN11O6/c1-8-37-43(64)59(6)38-28-53-46(57-40(38)61(37)32-11-9-10-12-32)56-36-16-14-29(23-39(36)65-7)41(62)52-19-22-66-33-17-20-60(21-18-33)47-54-26-31(27-55-47)42(63)58-44-48(2,3)45(49(44,4)5)67-34-15-13-30(25-51)35(50)24-34/h13-16,23-24,26-28,32-33,37,44-45H,8-12,17-22H2,1-7H3,(H,52,62)(H,58,63)(H,53,56,57). The molecule has 18 heteroatoms. The number of nitrogens with one attached hydrogen (secondary N) is 3. The van der Waals surface area contributed by atoms with E-state index >= 15 is 0 Å². The Kier molecular flexibility index (Phi) is 13.8. The van der Waals surface area contributed by atoms with Crippen LogP contribution in [0, 0.1) is 22.2 Å². The van der Waals surface area contributed by atoms with Crippen LogP contribution in [0.3, 0.4) is 0 Å². The highest BCUT2D eigenvalue weighted by molar-refractivity contribution is 6.31. The SMILES string of the molecule is CCC1C(=O)N(C)c2cnc(Nc3ccc(C(=O)NCCOC4CCN(c5ncc(C(=O)NC6C(C)(C)C(Oc7ccc(C#N)c(Cl)c7)C6(C)C)cn5)CC4)cc3OC)nc2N1C1CCCC1. The summed E-state index contributed by atoms with van der Waals surface area (Å²) in [5.41, 5.74) is 1.67. The maximum atomic E-state index is 13.4. The van der Waals surface area contributed by atoms with Gasteiger partial charge >= 0.3 is 0 Å². The third kappa shape index (κ3) is 9.51. The van der Waals surface area contributed by atoms with E-state index in [1.807, 2.05) is 6.92 Å². The van der Waals surface area contributed by atoms with Crippen LogP contribution < -0.4 is 40.1 Å². The summed E-state index contributed by atoms with van der Waals surface area (Å²) in [6.07, 6.45) is 11.1. The number of nitriles is 1. The highest BCUT2D eigenvalue weighted by Gasteiger charge is 2.64. The molecule has 8 rings (SSSR count). The fraction of sp³-hybridized carbons (Fsp3) is 0.510. The molecule has 1 unspecified atom stereocenters. The molecule has 0 radical (unpaired) electrons. The normalized spacial score (nSPS) is 21.2. The third-order valence-electron chi connectivity index (χ3n) is 13.9. The topological polar surface area (TPSA) is 200 Å². The van der Waals surface area contributed by atoms with E-state index in [-0.39, 0.29) is 48.1 Å². The summed E-state index contributed by atoms with van der Waals surface area (Å²) in [4.78, 5) is 64.4. The summed E-state index contributed by atoms with van der Waals surface area (Å²) in [5.74, 6) is 2.25. The molecule has 4 aromatic rings. The highest BCUT2D eigenvalue weighted by Crippen LogP contribution is 2.55. The number of aromatic nitrogens is 4. The number of ether oxygens (including phenoxy) is 3. The Bertz CT molecular complexity index is 2500. The summed E-state index contributed by atoms with van der Waals surface area (Å²) < 4.78 is 18.2. The predicted octanol–water partition coefficient (Wildman–Crippen LogP) is 7.08. The van der Waals surface area contributed by atoms with Gasteiger partial charge in [0.1, 0.15) is 35.4 Å². The quantitative estimate of drug-likeness (QED) is 0.102. The summed E-state index contributed by atoms with van der Waals surface area (Å²) in [6, 6.07) is 12.0. The highest BCUT2D eigenvalue weighted by atomic mass is 35.5. The second-order valence-electron chi connectivity index (χ2n) is 19.0. The number of rotatable bonds is 15. The number of halogens is 1. The van der Waals surface area contributed by atoms with Crippen molar-refractivity contribution < 1.29 is 28.6 Å². The number of amides is 3. The number of hydrogen-bond acceptors (Lipinski definition) is 14. The molecule has 2 saturated carbocycles. The fourth-order valence-electron chi connectivity index (χ4n) is 10.6. The Morgan fingerprint density at radius 3 is 2.31 bits per heavy atom. The zero-order valence-corrected chi connectivity index (χ0v) is 40.0. The molecule has 3 fully saturated rings. The number of nitrogens with zero attached hydrogens (tertiary/aromatic N) is 8. The second kappa shape index (κ2) is 19.5. The molecule has 4 heterocycles. The van der Waals surface area contributed by atoms with Gasteiger partial charge in [-0.05, 0) is 62.4 Å². The Morgan fingerprint density at radius 1 is 0.940 bits per heavy atom. The minimum absolute atomic E-state index is 0.0179. The largest absolute Gasteiger partial charge is 0.495 e. The molecule has 17 nitrogen and oxygen atoms in total. The van der Waals surface area contributed by atoms with Crippen LogP contribution in [-0.4, -0.2) is 108 Å². The van der Waals surface area contributed by atoms with E-state index in [9.17, 15) is 19.6 Å². The van der Waals surface area contributed by atoms with Crippen LogP contribution >= 0.6 is 11.6 Å². The zero-order valence-electron chi connectivity index (χ0n) is 39.3. The number of benzene rings is 2. The van der Waals surface area contributed by atoms with Crippen molar-refractivity contribution in [2.75, 3.05) is 60.4 Å². The summed E-state index contributed by atoms with van der Waals surface area (Å²) >= 11 is 6.25. The lowest BCUT2D eigenvalue weighted by Crippen LogP contribution is -2.74. The van der Waals surface area contributed by atoms with Gasteiger partial charge in [0.2, 0.25) is 17.8 Å². The third-order valence-corrected chi connectivity index (χ3v) is 14.2. The lowest BCUT2D eigenvalue weighted by atomic mass is 9.49. The number of carbonyl (C=O) groups excluding carboxylic acids is 3. The van der Waals surface area contributed by atoms with Crippen LogP contribution in [0.15, 0.2) is 55.0 Å². The van der Waals surface area contributed by atoms with E-state index in [2.05, 4.69) is 74.5 Å². The van der Waals surface area contributed by atoms with Gasteiger partial charge in [0.15, 0.2) is 5.82 Å². The van der Waals surface area contributed by atoms with Crippen LogP contribution in [0.5, 0.6) is 11.5 Å². The van der Waals surface area contributed by atoms with Crippen molar-refractivity contribution in [2.45, 2.75) is 110 Å². The van der Waals surface area contributed by atoms with E-state index in [1.165, 1.54) is 0 Å². The number of anilines is 5. The van der Waals surface area contributed by atoms with E-state index in [4.69, 9.17) is 30.8 Å². The molecule has 0 spiro atoms. The zero-order chi connectivity index (χ0) is 47.6. The maximum absolute atomic E-state index is 13.4.